The number of pyridine rings is 1. The SMILES string of the molecule is CC(=O)c1ccc(Nc2ccc(C(=O)Nc3cccc(C)c3)nc2)cc1. The summed E-state index contributed by atoms with van der Waals surface area (Å²) in [5.74, 6) is -0.227. The molecule has 130 valence electrons. The molecule has 2 aromatic carbocycles. The standard InChI is InChI=1S/C21H19N3O2/c1-14-4-3-5-18(12-14)24-21(26)20-11-10-19(13-22-20)23-17-8-6-16(7-9-17)15(2)25/h3-13,23H,1-2H3,(H,24,26). The van der Waals surface area contributed by atoms with Gasteiger partial charge in [-0.05, 0) is 67.9 Å². The van der Waals surface area contributed by atoms with E-state index in [4.69, 9.17) is 0 Å². The van der Waals surface area contributed by atoms with E-state index in [9.17, 15) is 9.59 Å². The summed E-state index contributed by atoms with van der Waals surface area (Å²) in [6, 6.07) is 18.2. The minimum Gasteiger partial charge on any atom is -0.354 e. The average molecular weight is 345 g/mol. The van der Waals surface area contributed by atoms with Gasteiger partial charge < -0.3 is 10.6 Å². The van der Waals surface area contributed by atoms with Crippen molar-refractivity contribution in [1.29, 1.82) is 0 Å². The highest BCUT2D eigenvalue weighted by atomic mass is 16.2. The van der Waals surface area contributed by atoms with Gasteiger partial charge in [0.05, 0.1) is 11.9 Å². The quantitative estimate of drug-likeness (QED) is 0.664. The van der Waals surface area contributed by atoms with Crippen LogP contribution >= 0.6 is 0 Å². The largest absolute Gasteiger partial charge is 0.354 e. The van der Waals surface area contributed by atoms with Gasteiger partial charge in [-0.25, -0.2) is 4.98 Å². The normalized spacial score (nSPS) is 10.2. The number of hydrogen-bond donors (Lipinski definition) is 2. The van der Waals surface area contributed by atoms with Gasteiger partial charge in [0.25, 0.3) is 5.91 Å². The number of carbonyl (C=O) groups is 2. The smallest absolute Gasteiger partial charge is 0.274 e. The summed E-state index contributed by atoms with van der Waals surface area (Å²) in [5.41, 5.74) is 4.41. The molecule has 5 heteroatoms. The number of carbonyl (C=O) groups excluding carboxylic acids is 2. The van der Waals surface area contributed by atoms with Crippen molar-refractivity contribution in [2.75, 3.05) is 10.6 Å². The monoisotopic (exact) mass is 345 g/mol. The van der Waals surface area contributed by atoms with Crippen molar-refractivity contribution in [3.63, 3.8) is 0 Å². The van der Waals surface area contributed by atoms with E-state index in [0.717, 1.165) is 22.6 Å². The summed E-state index contributed by atoms with van der Waals surface area (Å²) in [6.45, 7) is 3.50. The van der Waals surface area contributed by atoms with Crippen LogP contribution < -0.4 is 10.6 Å². The van der Waals surface area contributed by atoms with Gasteiger partial charge in [0, 0.05) is 16.9 Å². The maximum Gasteiger partial charge on any atom is 0.274 e. The van der Waals surface area contributed by atoms with Crippen molar-refractivity contribution in [3.8, 4) is 0 Å². The number of nitrogens with zero attached hydrogens (tertiary/aromatic N) is 1. The van der Waals surface area contributed by atoms with Crippen molar-refractivity contribution in [1.82, 2.24) is 4.98 Å². The van der Waals surface area contributed by atoms with Crippen LogP contribution in [0.3, 0.4) is 0 Å². The molecule has 3 aromatic rings. The molecular weight excluding hydrogens is 326 g/mol. The Labute approximate surface area is 152 Å². The number of hydrogen-bond acceptors (Lipinski definition) is 4. The number of aryl methyl sites for hydroxylation is 1. The van der Waals surface area contributed by atoms with E-state index < -0.39 is 0 Å². The lowest BCUT2D eigenvalue weighted by Gasteiger charge is -2.08. The second kappa shape index (κ2) is 7.61. The number of ketones is 1. The van der Waals surface area contributed by atoms with Crippen LogP contribution in [0.2, 0.25) is 0 Å². The Morgan fingerprint density at radius 3 is 2.23 bits per heavy atom. The van der Waals surface area contributed by atoms with Gasteiger partial charge in [0.15, 0.2) is 5.78 Å². The Morgan fingerprint density at radius 2 is 1.62 bits per heavy atom. The molecule has 0 aliphatic heterocycles. The third-order valence-electron chi connectivity index (χ3n) is 3.85. The van der Waals surface area contributed by atoms with Crippen LogP contribution in [0.25, 0.3) is 0 Å². The molecule has 0 aliphatic rings. The molecule has 3 rings (SSSR count). The molecule has 5 nitrogen and oxygen atoms in total. The lowest BCUT2D eigenvalue weighted by atomic mass is 10.1. The fourth-order valence-corrected chi connectivity index (χ4v) is 2.48. The lowest BCUT2D eigenvalue weighted by Crippen LogP contribution is -2.13. The predicted molar refractivity (Wildman–Crippen MR) is 103 cm³/mol. The first-order chi connectivity index (χ1) is 12.5. The molecule has 1 amide bonds. The van der Waals surface area contributed by atoms with Crippen LogP contribution in [0.15, 0.2) is 66.9 Å². The summed E-state index contributed by atoms with van der Waals surface area (Å²) in [5, 5.41) is 6.02. The van der Waals surface area contributed by atoms with E-state index in [1.54, 1.807) is 30.5 Å². The third-order valence-corrected chi connectivity index (χ3v) is 3.85. The number of Topliss-reactive ketones (excluding diaryl/α,β-unsaturated/α-hetero) is 1. The molecule has 0 atom stereocenters. The van der Waals surface area contributed by atoms with Gasteiger partial charge in [-0.3, -0.25) is 9.59 Å². The molecule has 0 spiro atoms. The minimum absolute atomic E-state index is 0.0298. The molecule has 1 aromatic heterocycles. The van der Waals surface area contributed by atoms with Crippen LogP contribution in [-0.4, -0.2) is 16.7 Å². The Bertz CT molecular complexity index is 932. The number of amides is 1. The molecule has 26 heavy (non-hydrogen) atoms. The lowest BCUT2D eigenvalue weighted by molar-refractivity contribution is 0.101. The van der Waals surface area contributed by atoms with Crippen LogP contribution in [0.4, 0.5) is 17.1 Å². The number of nitrogens with one attached hydrogen (secondary N) is 2. The topological polar surface area (TPSA) is 71.1 Å². The van der Waals surface area contributed by atoms with Gasteiger partial charge >= 0.3 is 0 Å². The average Bonchev–Trinajstić information content (AvgIpc) is 2.63. The van der Waals surface area contributed by atoms with Crippen molar-refractivity contribution in [2.24, 2.45) is 0 Å². The van der Waals surface area contributed by atoms with E-state index >= 15 is 0 Å². The molecule has 0 bridgehead atoms. The Morgan fingerprint density at radius 1 is 0.885 bits per heavy atom. The number of benzene rings is 2. The fourth-order valence-electron chi connectivity index (χ4n) is 2.48. The zero-order valence-electron chi connectivity index (χ0n) is 14.6. The molecule has 0 saturated heterocycles. The van der Waals surface area contributed by atoms with E-state index in [1.807, 2.05) is 43.3 Å². The summed E-state index contributed by atoms with van der Waals surface area (Å²) in [7, 11) is 0. The van der Waals surface area contributed by atoms with Crippen LogP contribution in [0, 0.1) is 6.92 Å². The van der Waals surface area contributed by atoms with Gasteiger partial charge in [-0.1, -0.05) is 12.1 Å². The van der Waals surface area contributed by atoms with Gasteiger partial charge in [-0.15, -0.1) is 0 Å². The molecule has 1 heterocycles. The van der Waals surface area contributed by atoms with Gasteiger partial charge in [0.2, 0.25) is 0 Å². The summed E-state index contributed by atoms with van der Waals surface area (Å²) in [4.78, 5) is 27.8. The number of rotatable bonds is 5. The maximum atomic E-state index is 12.3. The summed E-state index contributed by atoms with van der Waals surface area (Å²) < 4.78 is 0. The zero-order valence-corrected chi connectivity index (χ0v) is 14.6. The van der Waals surface area contributed by atoms with E-state index in [-0.39, 0.29) is 11.7 Å². The van der Waals surface area contributed by atoms with Crippen LogP contribution in [0.1, 0.15) is 33.3 Å². The van der Waals surface area contributed by atoms with Gasteiger partial charge in [-0.2, -0.15) is 0 Å². The Kier molecular flexibility index (Phi) is 5.08. The van der Waals surface area contributed by atoms with E-state index in [0.29, 0.717) is 11.3 Å². The van der Waals surface area contributed by atoms with Gasteiger partial charge in [0.1, 0.15) is 5.69 Å². The first-order valence-corrected chi connectivity index (χ1v) is 8.23. The van der Waals surface area contributed by atoms with Crippen LogP contribution in [-0.2, 0) is 0 Å². The summed E-state index contributed by atoms with van der Waals surface area (Å²) in [6.07, 6.45) is 1.60. The van der Waals surface area contributed by atoms with E-state index in [2.05, 4.69) is 15.6 Å². The molecule has 0 saturated carbocycles. The maximum absolute atomic E-state index is 12.3. The number of aromatic nitrogens is 1. The molecule has 0 radical (unpaired) electrons. The predicted octanol–water partition coefficient (Wildman–Crippen LogP) is 4.59. The second-order valence-electron chi connectivity index (χ2n) is 6.01. The van der Waals surface area contributed by atoms with Crippen LogP contribution in [0.5, 0.6) is 0 Å². The van der Waals surface area contributed by atoms with Crippen molar-refractivity contribution >= 4 is 28.8 Å². The Hall–Kier alpha value is -3.47. The highest BCUT2D eigenvalue weighted by Crippen LogP contribution is 2.17. The highest BCUT2D eigenvalue weighted by molar-refractivity contribution is 6.03. The molecule has 0 unspecified atom stereocenters. The Balaban J connectivity index is 1.66. The molecule has 0 aliphatic carbocycles. The van der Waals surface area contributed by atoms with Crippen molar-refractivity contribution in [2.45, 2.75) is 13.8 Å². The third kappa shape index (κ3) is 4.33. The highest BCUT2D eigenvalue weighted by Gasteiger charge is 2.08. The molecule has 0 fully saturated rings. The first kappa shape index (κ1) is 17.4. The van der Waals surface area contributed by atoms with Crippen molar-refractivity contribution < 1.29 is 9.59 Å². The molecular formula is C21H19N3O2. The first-order valence-electron chi connectivity index (χ1n) is 8.23. The zero-order chi connectivity index (χ0) is 18.5. The summed E-state index contributed by atoms with van der Waals surface area (Å²) >= 11 is 0. The van der Waals surface area contributed by atoms with Crippen molar-refractivity contribution in [3.05, 3.63) is 83.7 Å². The minimum atomic E-state index is -0.257. The molecule has 2 N–H and O–H groups in total. The number of anilines is 3. The van der Waals surface area contributed by atoms with E-state index in [1.165, 1.54) is 6.92 Å². The second-order valence-corrected chi connectivity index (χ2v) is 6.01. The fraction of sp³-hybridized carbons (Fsp3) is 0.0952.